The van der Waals surface area contributed by atoms with E-state index in [9.17, 15) is 0 Å². The molecule has 0 aliphatic carbocycles. The first-order chi connectivity index (χ1) is 7.22. The van der Waals surface area contributed by atoms with Crippen molar-refractivity contribution in [3.63, 3.8) is 0 Å². The van der Waals surface area contributed by atoms with Gasteiger partial charge in [-0.15, -0.1) is 5.92 Å². The van der Waals surface area contributed by atoms with Gasteiger partial charge in [-0.05, 0) is 25.1 Å². The van der Waals surface area contributed by atoms with E-state index in [2.05, 4.69) is 11.8 Å². The molecule has 0 amide bonds. The molecule has 76 valence electrons. The van der Waals surface area contributed by atoms with E-state index in [1.54, 1.807) is 6.07 Å². The van der Waals surface area contributed by atoms with Crippen molar-refractivity contribution in [3.05, 3.63) is 34.4 Å². The molecule has 1 heterocycles. The third-order valence-corrected chi connectivity index (χ3v) is 2.76. The minimum atomic E-state index is 0.650. The highest BCUT2D eigenvalue weighted by atomic mass is 35.5. The molecule has 15 heavy (non-hydrogen) atoms. The zero-order valence-corrected chi connectivity index (χ0v) is 9.73. The molecule has 0 aliphatic heterocycles. The van der Waals surface area contributed by atoms with Crippen molar-refractivity contribution >= 4 is 34.1 Å². The van der Waals surface area contributed by atoms with Crippen LogP contribution in [0.15, 0.2) is 24.4 Å². The van der Waals surface area contributed by atoms with Crippen molar-refractivity contribution < 1.29 is 0 Å². The Hall–Kier alpha value is -1.10. The average molecular weight is 238 g/mol. The molecule has 0 fully saturated rings. The number of halogens is 2. The standard InChI is InChI=1S/C12H9Cl2N/c1-2-3-5-15-6-4-10-11(14)7-9(13)8-12(10)15/h4,6-8H,5H2,1H3. The minimum absolute atomic E-state index is 0.650. The summed E-state index contributed by atoms with van der Waals surface area (Å²) in [5.41, 5.74) is 1.02. The normalized spacial score (nSPS) is 10.1. The van der Waals surface area contributed by atoms with Gasteiger partial charge in [0.15, 0.2) is 0 Å². The molecule has 0 atom stereocenters. The summed E-state index contributed by atoms with van der Waals surface area (Å²) in [4.78, 5) is 0. The van der Waals surface area contributed by atoms with Gasteiger partial charge in [0.25, 0.3) is 0 Å². The van der Waals surface area contributed by atoms with Crippen molar-refractivity contribution in [3.8, 4) is 11.8 Å². The van der Waals surface area contributed by atoms with Gasteiger partial charge in [0.05, 0.1) is 17.1 Å². The Bertz CT molecular complexity index is 558. The zero-order valence-electron chi connectivity index (χ0n) is 8.22. The molecule has 0 N–H and O–H groups in total. The molecule has 3 heteroatoms. The Balaban J connectivity index is 2.61. The maximum atomic E-state index is 6.08. The molecule has 2 aromatic rings. The summed E-state index contributed by atoms with van der Waals surface area (Å²) in [5.74, 6) is 5.87. The lowest BCUT2D eigenvalue weighted by Gasteiger charge is -2.01. The van der Waals surface area contributed by atoms with E-state index in [-0.39, 0.29) is 0 Å². The Morgan fingerprint density at radius 3 is 2.87 bits per heavy atom. The average Bonchev–Trinajstić information content (AvgIpc) is 2.58. The predicted octanol–water partition coefficient (Wildman–Crippen LogP) is 3.97. The Morgan fingerprint density at radius 1 is 1.33 bits per heavy atom. The molecule has 1 aromatic heterocycles. The summed E-state index contributed by atoms with van der Waals surface area (Å²) >= 11 is 12.0. The van der Waals surface area contributed by atoms with Crippen LogP contribution in [-0.4, -0.2) is 4.57 Å². The SMILES string of the molecule is CC#CCn1ccc2c(Cl)cc(Cl)cc21. The fourth-order valence-electron chi connectivity index (χ4n) is 1.52. The lowest BCUT2D eigenvalue weighted by molar-refractivity contribution is 0.885. The highest BCUT2D eigenvalue weighted by molar-refractivity contribution is 6.38. The van der Waals surface area contributed by atoms with Gasteiger partial charge in [0.1, 0.15) is 0 Å². The number of rotatable bonds is 1. The first kappa shape index (κ1) is 10.4. The first-order valence-corrected chi connectivity index (χ1v) is 5.31. The molecule has 0 unspecified atom stereocenters. The number of hydrogen-bond donors (Lipinski definition) is 0. The van der Waals surface area contributed by atoms with E-state index in [1.165, 1.54) is 0 Å². The molecule has 0 radical (unpaired) electrons. The monoisotopic (exact) mass is 237 g/mol. The van der Waals surface area contributed by atoms with Gasteiger partial charge >= 0.3 is 0 Å². The number of benzene rings is 1. The lowest BCUT2D eigenvalue weighted by atomic mass is 10.2. The van der Waals surface area contributed by atoms with Gasteiger partial charge in [-0.1, -0.05) is 29.1 Å². The molecule has 0 saturated carbocycles. The number of nitrogens with zero attached hydrogens (tertiary/aromatic N) is 1. The van der Waals surface area contributed by atoms with E-state index in [4.69, 9.17) is 23.2 Å². The smallest absolute Gasteiger partial charge is 0.0837 e. The zero-order chi connectivity index (χ0) is 10.8. The van der Waals surface area contributed by atoms with Crippen LogP contribution in [0, 0.1) is 11.8 Å². The lowest BCUT2D eigenvalue weighted by Crippen LogP contribution is -1.92. The predicted molar refractivity (Wildman–Crippen MR) is 65.4 cm³/mol. The van der Waals surface area contributed by atoms with E-state index in [1.807, 2.05) is 29.8 Å². The van der Waals surface area contributed by atoms with E-state index in [0.29, 0.717) is 16.6 Å². The Labute approximate surface area is 98.6 Å². The van der Waals surface area contributed by atoms with Crippen molar-refractivity contribution in [2.75, 3.05) is 0 Å². The van der Waals surface area contributed by atoms with E-state index in [0.717, 1.165) is 10.9 Å². The summed E-state index contributed by atoms with van der Waals surface area (Å²) in [7, 11) is 0. The molecule has 0 saturated heterocycles. The summed E-state index contributed by atoms with van der Waals surface area (Å²) in [5, 5.41) is 2.34. The molecule has 2 rings (SSSR count). The van der Waals surface area contributed by atoms with E-state index >= 15 is 0 Å². The molecular weight excluding hydrogens is 229 g/mol. The van der Waals surface area contributed by atoms with Gasteiger partial charge in [-0.25, -0.2) is 0 Å². The molecule has 1 nitrogen and oxygen atoms in total. The van der Waals surface area contributed by atoms with E-state index < -0.39 is 0 Å². The fraction of sp³-hybridized carbons (Fsp3) is 0.167. The topological polar surface area (TPSA) is 4.93 Å². The molecule has 0 aliphatic rings. The Kier molecular flexibility index (Phi) is 2.90. The quantitative estimate of drug-likeness (QED) is 0.662. The van der Waals surface area contributed by atoms with Crippen LogP contribution in [0.1, 0.15) is 6.92 Å². The van der Waals surface area contributed by atoms with Gasteiger partial charge < -0.3 is 4.57 Å². The van der Waals surface area contributed by atoms with Crippen LogP contribution in [0.4, 0.5) is 0 Å². The number of hydrogen-bond acceptors (Lipinski definition) is 0. The van der Waals surface area contributed by atoms with Gasteiger partial charge in [-0.2, -0.15) is 0 Å². The van der Waals surface area contributed by atoms with Crippen LogP contribution in [0.2, 0.25) is 10.0 Å². The summed E-state index contributed by atoms with van der Waals surface area (Å²) in [6, 6.07) is 5.63. The second-order valence-corrected chi connectivity index (χ2v) is 4.03. The summed E-state index contributed by atoms with van der Waals surface area (Å²) < 4.78 is 2.03. The van der Waals surface area contributed by atoms with Crippen LogP contribution in [-0.2, 0) is 6.54 Å². The van der Waals surface area contributed by atoms with Crippen LogP contribution in [0.3, 0.4) is 0 Å². The van der Waals surface area contributed by atoms with Crippen LogP contribution in [0.25, 0.3) is 10.9 Å². The van der Waals surface area contributed by atoms with Crippen LogP contribution in [0.5, 0.6) is 0 Å². The van der Waals surface area contributed by atoms with Gasteiger partial charge in [0, 0.05) is 16.6 Å². The minimum Gasteiger partial charge on any atom is -0.336 e. The van der Waals surface area contributed by atoms with Crippen LogP contribution >= 0.6 is 23.2 Å². The van der Waals surface area contributed by atoms with Crippen molar-refractivity contribution in [1.29, 1.82) is 0 Å². The fourth-order valence-corrected chi connectivity index (χ4v) is 2.07. The third kappa shape index (κ3) is 1.97. The van der Waals surface area contributed by atoms with Crippen molar-refractivity contribution in [2.24, 2.45) is 0 Å². The summed E-state index contributed by atoms with van der Waals surface area (Å²) in [6.45, 7) is 2.49. The molecule has 0 spiro atoms. The largest absolute Gasteiger partial charge is 0.336 e. The second kappa shape index (κ2) is 4.18. The number of fused-ring (bicyclic) bond motifs is 1. The van der Waals surface area contributed by atoms with Gasteiger partial charge in [0.2, 0.25) is 0 Å². The highest BCUT2D eigenvalue weighted by Crippen LogP contribution is 2.28. The number of aromatic nitrogens is 1. The summed E-state index contributed by atoms with van der Waals surface area (Å²) in [6.07, 6.45) is 1.97. The highest BCUT2D eigenvalue weighted by Gasteiger charge is 2.05. The third-order valence-electron chi connectivity index (χ3n) is 2.23. The van der Waals surface area contributed by atoms with Crippen molar-refractivity contribution in [1.82, 2.24) is 4.57 Å². The first-order valence-electron chi connectivity index (χ1n) is 4.56. The van der Waals surface area contributed by atoms with Crippen LogP contribution < -0.4 is 0 Å². The molecule has 1 aromatic carbocycles. The molecule has 0 bridgehead atoms. The second-order valence-electron chi connectivity index (χ2n) is 3.19. The van der Waals surface area contributed by atoms with Crippen molar-refractivity contribution in [2.45, 2.75) is 13.5 Å². The maximum Gasteiger partial charge on any atom is 0.0837 e. The van der Waals surface area contributed by atoms with Gasteiger partial charge in [-0.3, -0.25) is 0 Å². The Morgan fingerprint density at radius 2 is 2.13 bits per heavy atom. The maximum absolute atomic E-state index is 6.08. The molecular formula is C12H9Cl2N.